The number of nitrogens with one attached hydrogen (secondary N) is 2. The van der Waals surface area contributed by atoms with E-state index in [1.54, 1.807) is 12.2 Å². The minimum atomic E-state index is 0.471. The lowest BCUT2D eigenvalue weighted by Gasteiger charge is -2.05. The lowest BCUT2D eigenvalue weighted by atomic mass is 10.0. The van der Waals surface area contributed by atoms with E-state index >= 15 is 0 Å². The highest BCUT2D eigenvalue weighted by Crippen LogP contribution is 2.11. The summed E-state index contributed by atoms with van der Waals surface area (Å²) < 4.78 is 0. The predicted molar refractivity (Wildman–Crippen MR) is 70.2 cm³/mol. The SMILES string of the molecule is CC.CC.CC1=C/C(=C/C=N)C(=N)C=C1. The molecule has 0 aliphatic heterocycles. The first kappa shape index (κ1) is 16.0. The molecule has 0 spiro atoms. The fraction of sp³-hybridized carbons (Fsp3) is 0.385. The molecule has 0 aromatic carbocycles. The molecule has 2 nitrogen and oxygen atoms in total. The van der Waals surface area contributed by atoms with Crippen molar-refractivity contribution in [3.8, 4) is 0 Å². The first-order valence-electron chi connectivity index (χ1n) is 5.40. The third-order valence-corrected chi connectivity index (χ3v) is 1.47. The van der Waals surface area contributed by atoms with Crippen molar-refractivity contribution in [2.75, 3.05) is 0 Å². The van der Waals surface area contributed by atoms with Crippen LogP contribution in [0.2, 0.25) is 0 Å². The van der Waals surface area contributed by atoms with Gasteiger partial charge in [-0.25, -0.2) is 0 Å². The second-order valence-corrected chi connectivity index (χ2v) is 2.42. The molecular weight excluding hydrogens is 184 g/mol. The van der Waals surface area contributed by atoms with E-state index in [9.17, 15) is 0 Å². The molecule has 0 heterocycles. The smallest absolute Gasteiger partial charge is 0.0612 e. The molecule has 1 aliphatic carbocycles. The molecule has 0 radical (unpaired) electrons. The van der Waals surface area contributed by atoms with E-state index in [0.717, 1.165) is 11.1 Å². The van der Waals surface area contributed by atoms with Crippen molar-refractivity contribution in [3.05, 3.63) is 35.5 Å². The van der Waals surface area contributed by atoms with Crippen LogP contribution in [-0.2, 0) is 0 Å². The molecule has 0 bridgehead atoms. The van der Waals surface area contributed by atoms with E-state index in [1.807, 2.05) is 46.8 Å². The Kier molecular flexibility index (Phi) is 11.4. The van der Waals surface area contributed by atoms with Gasteiger partial charge in [0.1, 0.15) is 0 Å². The maximum Gasteiger partial charge on any atom is 0.0612 e. The number of allylic oxidation sites excluding steroid dienone is 6. The minimum absolute atomic E-state index is 0.471. The van der Waals surface area contributed by atoms with E-state index in [-0.39, 0.29) is 0 Å². The molecule has 15 heavy (non-hydrogen) atoms. The molecule has 0 saturated heterocycles. The molecule has 0 unspecified atom stereocenters. The normalized spacial score (nSPS) is 15.7. The Morgan fingerprint density at radius 2 is 1.60 bits per heavy atom. The highest BCUT2D eigenvalue weighted by atomic mass is 14.4. The van der Waals surface area contributed by atoms with Crippen LogP contribution >= 0.6 is 0 Å². The molecule has 0 amide bonds. The van der Waals surface area contributed by atoms with Gasteiger partial charge in [-0.3, -0.25) is 0 Å². The summed E-state index contributed by atoms with van der Waals surface area (Å²) in [6, 6.07) is 0. The van der Waals surface area contributed by atoms with E-state index in [0.29, 0.717) is 5.71 Å². The van der Waals surface area contributed by atoms with Crippen LogP contribution < -0.4 is 0 Å². The molecule has 1 rings (SSSR count). The highest BCUT2D eigenvalue weighted by Gasteiger charge is 2.02. The highest BCUT2D eigenvalue weighted by molar-refractivity contribution is 6.11. The molecule has 0 fully saturated rings. The van der Waals surface area contributed by atoms with Gasteiger partial charge in [0.15, 0.2) is 0 Å². The first-order valence-corrected chi connectivity index (χ1v) is 5.40. The first-order chi connectivity index (χ1) is 7.24. The average Bonchev–Trinajstić information content (AvgIpc) is 2.29. The molecule has 84 valence electrons. The fourth-order valence-corrected chi connectivity index (χ4v) is 0.910. The third-order valence-electron chi connectivity index (χ3n) is 1.47. The predicted octanol–water partition coefficient (Wildman–Crippen LogP) is 4.15. The summed E-state index contributed by atoms with van der Waals surface area (Å²) in [5.41, 5.74) is 2.40. The fourth-order valence-electron chi connectivity index (χ4n) is 0.910. The Morgan fingerprint density at radius 1 is 1.07 bits per heavy atom. The van der Waals surface area contributed by atoms with Crippen LogP contribution in [0.1, 0.15) is 34.6 Å². The van der Waals surface area contributed by atoms with Crippen molar-refractivity contribution in [3.63, 3.8) is 0 Å². The summed E-state index contributed by atoms with van der Waals surface area (Å²) in [7, 11) is 0. The molecule has 0 atom stereocenters. The Labute approximate surface area is 93.4 Å². The van der Waals surface area contributed by atoms with Crippen molar-refractivity contribution in [1.29, 1.82) is 10.8 Å². The van der Waals surface area contributed by atoms with Gasteiger partial charge in [0.25, 0.3) is 0 Å². The van der Waals surface area contributed by atoms with E-state index < -0.39 is 0 Å². The lowest BCUT2D eigenvalue weighted by molar-refractivity contribution is 1.43. The van der Waals surface area contributed by atoms with Crippen molar-refractivity contribution in [2.45, 2.75) is 34.6 Å². The molecule has 0 aromatic heterocycles. The molecule has 1 aliphatic rings. The van der Waals surface area contributed by atoms with Gasteiger partial charge in [0.2, 0.25) is 0 Å². The van der Waals surface area contributed by atoms with Crippen LogP contribution in [0.15, 0.2) is 35.5 Å². The zero-order valence-electron chi connectivity index (χ0n) is 10.4. The van der Waals surface area contributed by atoms with E-state index in [2.05, 4.69) is 0 Å². The van der Waals surface area contributed by atoms with Crippen LogP contribution in [0.5, 0.6) is 0 Å². The lowest BCUT2D eigenvalue weighted by Crippen LogP contribution is -1.99. The van der Waals surface area contributed by atoms with Crippen molar-refractivity contribution >= 4 is 11.9 Å². The summed E-state index contributed by atoms with van der Waals surface area (Å²) in [5, 5.41) is 14.3. The molecular formula is C13H22N2. The average molecular weight is 206 g/mol. The van der Waals surface area contributed by atoms with E-state index in [1.165, 1.54) is 6.21 Å². The van der Waals surface area contributed by atoms with Crippen LogP contribution in [0.4, 0.5) is 0 Å². The van der Waals surface area contributed by atoms with Crippen molar-refractivity contribution < 1.29 is 0 Å². The second kappa shape index (κ2) is 10.6. The quantitative estimate of drug-likeness (QED) is 0.605. The Balaban J connectivity index is 0. The van der Waals surface area contributed by atoms with Gasteiger partial charge < -0.3 is 10.8 Å². The summed E-state index contributed by atoms with van der Waals surface area (Å²) >= 11 is 0. The summed E-state index contributed by atoms with van der Waals surface area (Å²) in [6.45, 7) is 9.97. The standard InChI is InChI=1S/C9H10N2.2C2H6/c1-7-2-3-9(11)8(6-7)4-5-10;2*1-2/h2-6,10-11H,1H3;2*1-2H3/b8-4-,10-5?,11-9?;;. The van der Waals surface area contributed by atoms with Gasteiger partial charge in [-0.2, -0.15) is 0 Å². The minimum Gasteiger partial charge on any atom is -0.309 e. The van der Waals surface area contributed by atoms with Crippen molar-refractivity contribution in [2.24, 2.45) is 0 Å². The molecule has 2 N–H and O–H groups in total. The maximum absolute atomic E-state index is 7.44. The monoisotopic (exact) mass is 206 g/mol. The number of hydrogen-bond donors (Lipinski definition) is 2. The Morgan fingerprint density at radius 3 is 2.07 bits per heavy atom. The van der Waals surface area contributed by atoms with Gasteiger partial charge in [0, 0.05) is 11.8 Å². The zero-order chi connectivity index (χ0) is 12.3. The van der Waals surface area contributed by atoms with Gasteiger partial charge in [-0.15, -0.1) is 0 Å². The van der Waals surface area contributed by atoms with Crippen LogP contribution in [0.3, 0.4) is 0 Å². The van der Waals surface area contributed by atoms with Gasteiger partial charge in [0.05, 0.1) is 5.71 Å². The van der Waals surface area contributed by atoms with Gasteiger partial charge in [-0.1, -0.05) is 39.3 Å². The van der Waals surface area contributed by atoms with Crippen LogP contribution in [-0.4, -0.2) is 11.9 Å². The topological polar surface area (TPSA) is 47.7 Å². The molecule has 2 heteroatoms. The van der Waals surface area contributed by atoms with E-state index in [4.69, 9.17) is 10.8 Å². The van der Waals surface area contributed by atoms with Crippen LogP contribution in [0, 0.1) is 10.8 Å². The number of hydrogen-bond acceptors (Lipinski definition) is 2. The van der Waals surface area contributed by atoms with Crippen molar-refractivity contribution in [1.82, 2.24) is 0 Å². The summed E-state index contributed by atoms with van der Waals surface area (Å²) in [5.74, 6) is 0. The van der Waals surface area contributed by atoms with Gasteiger partial charge in [-0.05, 0) is 25.2 Å². The zero-order valence-corrected chi connectivity index (χ0v) is 10.4. The maximum atomic E-state index is 7.44. The summed E-state index contributed by atoms with van der Waals surface area (Å²) in [6.07, 6.45) is 8.35. The van der Waals surface area contributed by atoms with Crippen LogP contribution in [0.25, 0.3) is 0 Å². The summed E-state index contributed by atoms with van der Waals surface area (Å²) in [4.78, 5) is 0. The van der Waals surface area contributed by atoms with Gasteiger partial charge >= 0.3 is 0 Å². The molecule has 0 aromatic rings. The Bertz CT molecular complexity index is 281. The third kappa shape index (κ3) is 6.61. The Hall–Kier alpha value is -1.44. The number of rotatable bonds is 1. The second-order valence-electron chi connectivity index (χ2n) is 2.42. The molecule has 0 saturated carbocycles. The largest absolute Gasteiger partial charge is 0.309 e.